The summed E-state index contributed by atoms with van der Waals surface area (Å²) in [7, 11) is 1.42. The number of phenols is 5. The van der Waals surface area contributed by atoms with Crippen LogP contribution >= 0.6 is 0 Å². The first-order valence-corrected chi connectivity index (χ1v) is 13.4. The fourth-order valence-electron chi connectivity index (χ4n) is 4.11. The minimum atomic E-state index is -0.433. The summed E-state index contributed by atoms with van der Waals surface area (Å²) in [5.74, 6) is -0.918. The second-order valence-corrected chi connectivity index (χ2v) is 9.68. The van der Waals surface area contributed by atoms with Crippen molar-refractivity contribution in [2.75, 3.05) is 7.11 Å². The number of carbonyl (C=O) groups is 2. The summed E-state index contributed by atoms with van der Waals surface area (Å²) in [4.78, 5) is 24.7. The first-order chi connectivity index (χ1) is 21.1. The summed E-state index contributed by atoms with van der Waals surface area (Å²) < 4.78 is 10.8. The van der Waals surface area contributed by atoms with E-state index in [1.807, 2.05) is 0 Å². The topological polar surface area (TPSA) is 154 Å². The fraction of sp³-hybridized carbons (Fsp3) is 0.0857. The maximum atomic E-state index is 12.4. The van der Waals surface area contributed by atoms with Crippen LogP contribution in [-0.4, -0.2) is 44.2 Å². The lowest BCUT2D eigenvalue weighted by molar-refractivity contribution is -0.121. The molecule has 0 aliphatic rings. The van der Waals surface area contributed by atoms with Crippen molar-refractivity contribution in [2.45, 2.75) is 13.0 Å². The zero-order valence-electron chi connectivity index (χ0n) is 23.7. The number of hydrogen-bond donors (Lipinski definition) is 5. The van der Waals surface area contributed by atoms with E-state index in [1.165, 1.54) is 73.9 Å². The summed E-state index contributed by atoms with van der Waals surface area (Å²) in [6.07, 6.45) is 8.59. The van der Waals surface area contributed by atoms with Crippen molar-refractivity contribution in [2.24, 2.45) is 0 Å². The molecule has 9 heteroatoms. The molecule has 5 N–H and O–H groups in total. The molecular weight excluding hydrogens is 564 g/mol. The zero-order chi connectivity index (χ0) is 31.6. The molecule has 0 radical (unpaired) electrons. The van der Waals surface area contributed by atoms with Crippen molar-refractivity contribution in [1.82, 2.24) is 0 Å². The molecule has 9 nitrogen and oxygen atoms in total. The highest BCUT2D eigenvalue weighted by Crippen LogP contribution is 2.33. The maximum absolute atomic E-state index is 12.4. The van der Waals surface area contributed by atoms with Crippen LogP contribution < -0.4 is 9.47 Å². The van der Waals surface area contributed by atoms with E-state index in [0.717, 1.165) is 5.56 Å². The van der Waals surface area contributed by atoms with Crippen molar-refractivity contribution >= 4 is 35.9 Å². The Morgan fingerprint density at radius 2 is 1.18 bits per heavy atom. The molecule has 0 saturated heterocycles. The van der Waals surface area contributed by atoms with Gasteiger partial charge in [-0.15, -0.1) is 0 Å². The number of phenolic OH excluding ortho intramolecular Hbond substituents is 5. The molecule has 0 aromatic heterocycles. The van der Waals surface area contributed by atoms with Gasteiger partial charge in [0.05, 0.1) is 13.5 Å². The molecular formula is C35H30O9. The number of aromatic hydroxyl groups is 5. The van der Waals surface area contributed by atoms with Crippen LogP contribution in [0, 0.1) is 0 Å². The van der Waals surface area contributed by atoms with E-state index in [1.54, 1.807) is 42.5 Å². The molecule has 0 fully saturated rings. The molecule has 4 rings (SSSR count). The van der Waals surface area contributed by atoms with Crippen LogP contribution in [0.2, 0.25) is 0 Å². The largest absolute Gasteiger partial charge is 0.508 e. The number of carbonyl (C=O) groups excluding carboxylic acids is 2. The predicted octanol–water partition coefficient (Wildman–Crippen LogP) is 6.23. The van der Waals surface area contributed by atoms with E-state index < -0.39 is 11.6 Å². The molecule has 0 saturated carbocycles. The van der Waals surface area contributed by atoms with Gasteiger partial charge in [0.2, 0.25) is 0 Å². The van der Waals surface area contributed by atoms with E-state index in [4.69, 9.17) is 9.47 Å². The second kappa shape index (κ2) is 14.3. The monoisotopic (exact) mass is 594 g/mol. The molecule has 224 valence electrons. The molecule has 0 aliphatic heterocycles. The number of benzene rings is 4. The van der Waals surface area contributed by atoms with Gasteiger partial charge in [0, 0.05) is 11.6 Å². The molecule has 0 amide bonds. The van der Waals surface area contributed by atoms with Crippen LogP contribution in [0.15, 0.2) is 84.9 Å². The number of ether oxygens (including phenoxy) is 2. The fourth-order valence-corrected chi connectivity index (χ4v) is 4.11. The van der Waals surface area contributed by atoms with Crippen LogP contribution in [0.5, 0.6) is 40.2 Å². The molecule has 0 atom stereocenters. The van der Waals surface area contributed by atoms with Gasteiger partial charge in [-0.25, -0.2) is 0 Å². The number of ketones is 2. The summed E-state index contributed by atoms with van der Waals surface area (Å²) in [6.45, 7) is -0.158. The molecule has 0 bridgehead atoms. The highest BCUT2D eigenvalue weighted by molar-refractivity contribution is 6.10. The Labute approximate surface area is 253 Å². The normalized spacial score (nSPS) is 11.4. The van der Waals surface area contributed by atoms with Crippen LogP contribution in [0.1, 0.15) is 34.2 Å². The van der Waals surface area contributed by atoms with Crippen molar-refractivity contribution < 1.29 is 44.6 Å². The second-order valence-electron chi connectivity index (χ2n) is 9.68. The standard InChI is InChI=1S/C35H30O9/c1-43-34-16-23(7-14-31(34)40)5-12-27(37)19-28(38)13-6-24-8-15-32(41)35(17-24)44-21-30-25(18-29(39)20-33(30)42)9-2-22-3-10-26(36)11-4-22/h2-18,20,36,39-42H,19,21H2,1H3/b9-2-,12-5+,13-6+. The third-order valence-corrected chi connectivity index (χ3v) is 6.43. The van der Waals surface area contributed by atoms with Crippen molar-refractivity contribution in [1.29, 1.82) is 0 Å². The number of allylic oxidation sites excluding steroid dienone is 2. The van der Waals surface area contributed by atoms with Gasteiger partial charge in [-0.05, 0) is 76.9 Å². The average molecular weight is 595 g/mol. The Hall–Kier alpha value is -5.96. The van der Waals surface area contributed by atoms with E-state index in [0.29, 0.717) is 22.3 Å². The summed E-state index contributed by atoms with van der Waals surface area (Å²) >= 11 is 0. The highest BCUT2D eigenvalue weighted by atomic mass is 16.5. The number of hydrogen-bond acceptors (Lipinski definition) is 9. The molecule has 4 aromatic carbocycles. The van der Waals surface area contributed by atoms with Crippen LogP contribution in [-0.2, 0) is 16.2 Å². The van der Waals surface area contributed by atoms with Crippen molar-refractivity contribution in [3.63, 3.8) is 0 Å². The van der Waals surface area contributed by atoms with Gasteiger partial charge in [-0.3, -0.25) is 9.59 Å². The van der Waals surface area contributed by atoms with Gasteiger partial charge < -0.3 is 35.0 Å². The first kappa shape index (κ1) is 31.0. The predicted molar refractivity (Wildman–Crippen MR) is 167 cm³/mol. The third kappa shape index (κ3) is 8.53. The Balaban J connectivity index is 1.41. The van der Waals surface area contributed by atoms with E-state index in [9.17, 15) is 35.1 Å². The van der Waals surface area contributed by atoms with Crippen molar-refractivity contribution in [3.8, 4) is 40.2 Å². The van der Waals surface area contributed by atoms with E-state index in [2.05, 4.69) is 0 Å². The van der Waals surface area contributed by atoms with Gasteiger partial charge in [0.1, 0.15) is 23.9 Å². The Kier molecular flexibility index (Phi) is 10.1. The molecule has 4 aromatic rings. The summed E-state index contributed by atoms with van der Waals surface area (Å²) in [5.41, 5.74) is 2.74. The SMILES string of the molecule is COc1cc(/C=C/C(=O)CC(=O)/C=C/c2ccc(O)c(OCc3c(O)cc(O)cc3/C=C\c3ccc(O)cc3)c2)ccc1O. The lowest BCUT2D eigenvalue weighted by atomic mass is 10.0. The van der Waals surface area contributed by atoms with Gasteiger partial charge in [-0.2, -0.15) is 0 Å². The molecule has 44 heavy (non-hydrogen) atoms. The molecule has 0 unspecified atom stereocenters. The van der Waals surface area contributed by atoms with Gasteiger partial charge >= 0.3 is 0 Å². The van der Waals surface area contributed by atoms with Crippen LogP contribution in [0.25, 0.3) is 24.3 Å². The summed E-state index contributed by atoms with van der Waals surface area (Å²) in [6, 6.07) is 18.2. The minimum Gasteiger partial charge on any atom is -0.508 e. The van der Waals surface area contributed by atoms with Crippen LogP contribution in [0.4, 0.5) is 0 Å². The van der Waals surface area contributed by atoms with Crippen LogP contribution in [0.3, 0.4) is 0 Å². The lowest BCUT2D eigenvalue weighted by Crippen LogP contribution is -2.02. The van der Waals surface area contributed by atoms with E-state index in [-0.39, 0.29) is 53.3 Å². The number of rotatable bonds is 12. The Bertz CT molecular complexity index is 1750. The smallest absolute Gasteiger partial charge is 0.163 e. The Morgan fingerprint density at radius 1 is 0.614 bits per heavy atom. The highest BCUT2D eigenvalue weighted by Gasteiger charge is 2.12. The molecule has 0 heterocycles. The van der Waals surface area contributed by atoms with Crippen molar-refractivity contribution in [3.05, 3.63) is 113 Å². The molecule has 0 aliphatic carbocycles. The number of methoxy groups -OCH3 is 1. The average Bonchev–Trinajstić information content (AvgIpc) is 2.99. The van der Waals surface area contributed by atoms with Gasteiger partial charge in [0.15, 0.2) is 34.6 Å². The quantitative estimate of drug-likeness (QED) is 0.0730. The Morgan fingerprint density at radius 3 is 1.80 bits per heavy atom. The van der Waals surface area contributed by atoms with Gasteiger partial charge in [0.25, 0.3) is 0 Å². The molecule has 0 spiro atoms. The van der Waals surface area contributed by atoms with Gasteiger partial charge in [-0.1, -0.05) is 48.6 Å². The third-order valence-electron chi connectivity index (χ3n) is 6.43. The minimum absolute atomic E-state index is 0.0264. The maximum Gasteiger partial charge on any atom is 0.163 e. The zero-order valence-corrected chi connectivity index (χ0v) is 23.7. The first-order valence-electron chi connectivity index (χ1n) is 13.4. The lowest BCUT2D eigenvalue weighted by Gasteiger charge is -2.13. The van der Waals surface area contributed by atoms with E-state index >= 15 is 0 Å². The summed E-state index contributed by atoms with van der Waals surface area (Å²) in [5, 5.41) is 50.0.